The number of ether oxygens (including phenoxy) is 3. The summed E-state index contributed by atoms with van der Waals surface area (Å²) >= 11 is 0. The van der Waals surface area contributed by atoms with Crippen LogP contribution in [0.5, 0.6) is 11.5 Å². The van der Waals surface area contributed by atoms with E-state index in [-0.39, 0.29) is 53.4 Å². The van der Waals surface area contributed by atoms with Crippen LogP contribution in [0.25, 0.3) is 0 Å². The number of hydrogen-bond acceptors (Lipinski definition) is 7. The molecule has 2 aliphatic heterocycles. The van der Waals surface area contributed by atoms with Crippen molar-refractivity contribution in [3.8, 4) is 11.5 Å². The van der Waals surface area contributed by atoms with Crippen molar-refractivity contribution in [1.29, 1.82) is 0 Å². The summed E-state index contributed by atoms with van der Waals surface area (Å²) in [5.41, 5.74) is -1.03. The number of rotatable bonds is 10. The molecule has 40 heavy (non-hydrogen) atoms. The number of methoxy groups -OCH3 is 1. The average Bonchev–Trinajstić information content (AvgIpc) is 3.54. The van der Waals surface area contributed by atoms with Crippen molar-refractivity contribution < 1.29 is 43.2 Å². The van der Waals surface area contributed by atoms with Gasteiger partial charge < -0.3 is 35.1 Å². The second kappa shape index (κ2) is 11.2. The van der Waals surface area contributed by atoms with Crippen LogP contribution >= 0.6 is 0 Å². The summed E-state index contributed by atoms with van der Waals surface area (Å²) in [6, 6.07) is 1.85. The third-order valence-corrected chi connectivity index (χ3v) is 9.56. The maximum Gasteiger partial charge on any atom is 0.311 e. The van der Waals surface area contributed by atoms with Crippen molar-refractivity contribution in [2.45, 2.75) is 89.1 Å². The average molecular weight is 563 g/mol. The minimum absolute atomic E-state index is 0.0270. The number of benzene rings is 1. The predicted octanol–water partition coefficient (Wildman–Crippen LogP) is 2.80. The topological polar surface area (TPSA) is 143 Å². The molecule has 4 N–H and O–H groups in total. The Hall–Kier alpha value is -2.92. The number of amides is 2. The quantitative estimate of drug-likeness (QED) is 0.341. The van der Waals surface area contributed by atoms with Crippen LogP contribution in [0.15, 0.2) is 12.1 Å². The number of halogens is 1. The Bertz CT molecular complexity index is 1150. The highest BCUT2D eigenvalue weighted by Crippen LogP contribution is 2.42. The highest BCUT2D eigenvalue weighted by molar-refractivity contribution is 5.98. The molecule has 4 atom stereocenters. The predicted molar refractivity (Wildman–Crippen MR) is 141 cm³/mol. The number of aliphatic carboxylic acids is 1. The molecule has 5 rings (SSSR count). The van der Waals surface area contributed by atoms with E-state index in [1.165, 1.54) is 19.6 Å². The van der Waals surface area contributed by atoms with Gasteiger partial charge in [0.1, 0.15) is 5.75 Å². The van der Waals surface area contributed by atoms with Crippen molar-refractivity contribution >= 4 is 17.8 Å². The first-order chi connectivity index (χ1) is 19.1. The molecule has 10 nitrogen and oxygen atoms in total. The number of fused-ring (bicyclic) bond motifs is 2. The lowest BCUT2D eigenvalue weighted by Gasteiger charge is -2.39. The van der Waals surface area contributed by atoms with Gasteiger partial charge in [0.15, 0.2) is 11.6 Å². The molecular formula is C29H39FN2O8. The van der Waals surface area contributed by atoms with E-state index in [4.69, 9.17) is 14.2 Å². The van der Waals surface area contributed by atoms with Gasteiger partial charge in [0, 0.05) is 12.6 Å². The van der Waals surface area contributed by atoms with Gasteiger partial charge in [0.05, 0.1) is 55.0 Å². The SMILES string of the molecule is COc1cc(F)c(O[C@H]2CC[C@@](CO)(C(=O)O)CC2)cc1C(=O)N[C@@H]1C(C(=O)NCC2(C)CCC2)[C@@H]2CC[C@H]1O2. The lowest BCUT2D eigenvalue weighted by atomic mass is 9.70. The van der Waals surface area contributed by atoms with Gasteiger partial charge in [0.25, 0.3) is 5.91 Å². The van der Waals surface area contributed by atoms with Crippen LogP contribution in [0.3, 0.4) is 0 Å². The Kier molecular flexibility index (Phi) is 7.98. The standard InChI is InChI=1S/C29H39FN2O8/c1-28(8-3-9-28)14-31-26(35)23-19-4-5-20(40-19)24(23)32-25(34)17-12-22(18(30)13-21(17)38-2)39-16-6-10-29(15-33,11-7-16)27(36)37/h12-13,16,19-20,23-24,33H,3-11,14-15H2,1-2H3,(H,31,35)(H,32,34)(H,36,37)/t16-,19-,20+,23?,24-,29+/m0/s1. The van der Waals surface area contributed by atoms with Gasteiger partial charge in [-0.3, -0.25) is 14.4 Å². The van der Waals surface area contributed by atoms with Crippen molar-refractivity contribution in [3.63, 3.8) is 0 Å². The summed E-state index contributed by atoms with van der Waals surface area (Å²) in [5, 5.41) is 25.1. The third kappa shape index (κ3) is 5.37. The Balaban J connectivity index is 1.28. The number of carboxylic acids is 1. The van der Waals surface area contributed by atoms with Crippen molar-refractivity contribution in [2.75, 3.05) is 20.3 Å². The smallest absolute Gasteiger partial charge is 0.311 e. The van der Waals surface area contributed by atoms with E-state index in [1.807, 2.05) is 0 Å². The first-order valence-corrected chi connectivity index (χ1v) is 14.2. The molecular weight excluding hydrogens is 523 g/mol. The Morgan fingerprint density at radius 1 is 1.07 bits per heavy atom. The number of aliphatic hydroxyl groups is 1. The zero-order valence-corrected chi connectivity index (χ0v) is 23.0. The van der Waals surface area contributed by atoms with Gasteiger partial charge in [0.2, 0.25) is 5.91 Å². The molecule has 0 aromatic heterocycles. The molecule has 2 bridgehead atoms. The molecule has 1 aromatic rings. The minimum atomic E-state index is -1.22. The van der Waals surface area contributed by atoms with Gasteiger partial charge in [-0.15, -0.1) is 0 Å². The van der Waals surface area contributed by atoms with Crippen LogP contribution in [0.4, 0.5) is 4.39 Å². The van der Waals surface area contributed by atoms with E-state index in [2.05, 4.69) is 17.6 Å². The van der Waals surface area contributed by atoms with Gasteiger partial charge in [-0.1, -0.05) is 13.3 Å². The number of carbonyl (C=O) groups excluding carboxylic acids is 2. The van der Waals surface area contributed by atoms with E-state index in [9.17, 15) is 29.0 Å². The lowest BCUT2D eigenvalue weighted by molar-refractivity contribution is -0.155. The second-order valence-corrected chi connectivity index (χ2v) is 12.2. The fourth-order valence-corrected chi connectivity index (χ4v) is 6.65. The first-order valence-electron chi connectivity index (χ1n) is 14.2. The number of nitrogens with one attached hydrogen (secondary N) is 2. The zero-order chi connectivity index (χ0) is 28.7. The molecule has 0 radical (unpaired) electrons. The molecule has 2 aliphatic carbocycles. The fourth-order valence-electron chi connectivity index (χ4n) is 6.65. The lowest BCUT2D eigenvalue weighted by Crippen LogP contribution is -2.53. The molecule has 2 saturated carbocycles. The molecule has 11 heteroatoms. The highest BCUT2D eigenvalue weighted by atomic mass is 19.1. The second-order valence-electron chi connectivity index (χ2n) is 12.2. The monoisotopic (exact) mass is 562 g/mol. The number of hydrogen-bond donors (Lipinski definition) is 4. The largest absolute Gasteiger partial charge is 0.496 e. The van der Waals surface area contributed by atoms with Crippen molar-refractivity contribution in [2.24, 2.45) is 16.7 Å². The van der Waals surface area contributed by atoms with Gasteiger partial charge in [-0.25, -0.2) is 4.39 Å². The summed E-state index contributed by atoms with van der Waals surface area (Å²) in [6.45, 7) is 2.29. The van der Waals surface area contributed by atoms with Gasteiger partial charge in [-0.05, 0) is 62.8 Å². The van der Waals surface area contributed by atoms with E-state index in [1.54, 1.807) is 0 Å². The summed E-state index contributed by atoms with van der Waals surface area (Å²) in [5.74, 6) is -3.06. The molecule has 2 heterocycles. The van der Waals surface area contributed by atoms with Crippen LogP contribution < -0.4 is 20.1 Å². The van der Waals surface area contributed by atoms with E-state index in [0.717, 1.165) is 31.7 Å². The van der Waals surface area contributed by atoms with Crippen LogP contribution in [0, 0.1) is 22.6 Å². The number of carboxylic acid groups (broad SMARTS) is 1. The molecule has 2 saturated heterocycles. The van der Waals surface area contributed by atoms with Crippen molar-refractivity contribution in [1.82, 2.24) is 10.6 Å². The van der Waals surface area contributed by atoms with Crippen LogP contribution in [-0.2, 0) is 14.3 Å². The molecule has 0 spiro atoms. The van der Waals surface area contributed by atoms with Crippen molar-refractivity contribution in [3.05, 3.63) is 23.5 Å². The van der Waals surface area contributed by atoms with E-state index >= 15 is 0 Å². The molecule has 220 valence electrons. The van der Waals surface area contributed by atoms with E-state index < -0.39 is 47.8 Å². The first kappa shape index (κ1) is 28.6. The summed E-state index contributed by atoms with van der Waals surface area (Å²) in [6.07, 6.45) is 4.83. The number of aliphatic hydroxyl groups excluding tert-OH is 1. The Labute approximate surface area is 232 Å². The fraction of sp³-hybridized carbons (Fsp3) is 0.690. The summed E-state index contributed by atoms with van der Waals surface area (Å²) in [4.78, 5) is 38.3. The molecule has 1 unspecified atom stereocenters. The normalized spacial score (nSPS) is 32.1. The number of carbonyl (C=O) groups is 3. The molecule has 4 aliphatic rings. The maximum atomic E-state index is 14.9. The Morgan fingerprint density at radius 2 is 1.77 bits per heavy atom. The molecule has 1 aromatic carbocycles. The molecule has 2 amide bonds. The highest BCUT2D eigenvalue weighted by Gasteiger charge is 2.53. The summed E-state index contributed by atoms with van der Waals surface area (Å²) in [7, 11) is 1.34. The van der Waals surface area contributed by atoms with Gasteiger partial charge in [-0.2, -0.15) is 0 Å². The van der Waals surface area contributed by atoms with Crippen LogP contribution in [0.2, 0.25) is 0 Å². The Morgan fingerprint density at radius 3 is 2.38 bits per heavy atom. The molecule has 4 fully saturated rings. The maximum absolute atomic E-state index is 14.9. The van der Waals surface area contributed by atoms with Crippen LogP contribution in [-0.4, -0.2) is 72.6 Å². The zero-order valence-electron chi connectivity index (χ0n) is 23.0. The van der Waals surface area contributed by atoms with Crippen LogP contribution in [0.1, 0.15) is 75.1 Å². The van der Waals surface area contributed by atoms with E-state index in [0.29, 0.717) is 19.4 Å². The summed E-state index contributed by atoms with van der Waals surface area (Å²) < 4.78 is 32.1. The third-order valence-electron chi connectivity index (χ3n) is 9.56. The minimum Gasteiger partial charge on any atom is -0.496 e. The van der Waals surface area contributed by atoms with Gasteiger partial charge >= 0.3 is 5.97 Å².